The first kappa shape index (κ1) is 12.0. The minimum Gasteiger partial charge on any atom is -0.337 e. The van der Waals surface area contributed by atoms with Crippen molar-refractivity contribution in [2.24, 2.45) is 0 Å². The van der Waals surface area contributed by atoms with Crippen molar-refractivity contribution in [1.82, 2.24) is 15.6 Å². The Morgan fingerprint density at radius 3 is 2.80 bits per heavy atom. The predicted octanol–water partition coefficient (Wildman–Crippen LogP) is 1.95. The molecular weight excluding hydrogens is 210 g/mol. The first-order valence-electron chi connectivity index (χ1n) is 5.03. The second-order valence-electron chi connectivity index (χ2n) is 3.78. The molecular formula is C10H17N3OS. The number of urea groups is 1. The Bertz CT molecular complexity index is 298. The van der Waals surface area contributed by atoms with E-state index in [1.165, 1.54) is 0 Å². The van der Waals surface area contributed by atoms with Gasteiger partial charge in [-0.15, -0.1) is 11.3 Å². The second kappa shape index (κ2) is 5.70. The number of thiazole rings is 1. The van der Waals surface area contributed by atoms with E-state index in [1.807, 2.05) is 19.2 Å². The summed E-state index contributed by atoms with van der Waals surface area (Å²) in [7, 11) is 0. The van der Waals surface area contributed by atoms with Gasteiger partial charge in [-0.25, -0.2) is 9.78 Å². The molecule has 0 aliphatic carbocycles. The highest BCUT2D eigenvalue weighted by Crippen LogP contribution is 2.16. The van der Waals surface area contributed by atoms with Crippen molar-refractivity contribution in [3.63, 3.8) is 0 Å². The number of hydrogen-bond acceptors (Lipinski definition) is 3. The summed E-state index contributed by atoms with van der Waals surface area (Å²) in [6.07, 6.45) is 1.78. The molecule has 0 bridgehead atoms. The van der Waals surface area contributed by atoms with Crippen LogP contribution in [0.3, 0.4) is 0 Å². The third-order valence-electron chi connectivity index (χ3n) is 1.86. The normalized spacial score (nSPS) is 12.5. The number of amides is 2. The summed E-state index contributed by atoms with van der Waals surface area (Å²) in [4.78, 5) is 15.5. The molecule has 0 aliphatic rings. The van der Waals surface area contributed by atoms with Crippen LogP contribution >= 0.6 is 11.3 Å². The Morgan fingerprint density at radius 1 is 1.53 bits per heavy atom. The monoisotopic (exact) mass is 227 g/mol. The van der Waals surface area contributed by atoms with Crippen molar-refractivity contribution in [3.8, 4) is 0 Å². The molecule has 1 aromatic rings. The summed E-state index contributed by atoms with van der Waals surface area (Å²) in [5.41, 5.74) is 0. The van der Waals surface area contributed by atoms with Crippen LogP contribution < -0.4 is 10.6 Å². The fraction of sp³-hybridized carbons (Fsp3) is 0.600. The van der Waals surface area contributed by atoms with Crippen LogP contribution in [0.25, 0.3) is 0 Å². The van der Waals surface area contributed by atoms with Crippen molar-refractivity contribution in [2.45, 2.75) is 32.7 Å². The van der Waals surface area contributed by atoms with E-state index in [1.54, 1.807) is 17.5 Å². The average Bonchev–Trinajstić information content (AvgIpc) is 2.65. The smallest absolute Gasteiger partial charge is 0.315 e. The first-order valence-corrected chi connectivity index (χ1v) is 5.91. The molecule has 0 saturated heterocycles. The molecule has 1 aromatic heterocycles. The summed E-state index contributed by atoms with van der Waals surface area (Å²) in [5, 5.41) is 8.59. The summed E-state index contributed by atoms with van der Waals surface area (Å²) >= 11 is 1.61. The lowest BCUT2D eigenvalue weighted by Crippen LogP contribution is -2.40. The Labute approximate surface area is 94.1 Å². The minimum atomic E-state index is -0.117. The molecule has 2 N–H and O–H groups in total. The third kappa shape index (κ3) is 4.29. The van der Waals surface area contributed by atoms with E-state index in [0.717, 1.165) is 5.01 Å². The highest BCUT2D eigenvalue weighted by atomic mass is 32.1. The molecule has 2 amide bonds. The van der Waals surface area contributed by atoms with Crippen LogP contribution in [-0.4, -0.2) is 23.6 Å². The highest BCUT2D eigenvalue weighted by molar-refractivity contribution is 7.09. The molecule has 0 saturated carbocycles. The van der Waals surface area contributed by atoms with Crippen LogP contribution in [0.2, 0.25) is 0 Å². The van der Waals surface area contributed by atoms with E-state index in [2.05, 4.69) is 22.5 Å². The Morgan fingerprint density at radius 2 is 2.27 bits per heavy atom. The van der Waals surface area contributed by atoms with Gasteiger partial charge in [0.25, 0.3) is 0 Å². The summed E-state index contributed by atoms with van der Waals surface area (Å²) < 4.78 is 0. The fourth-order valence-electron chi connectivity index (χ4n) is 1.12. The van der Waals surface area contributed by atoms with Crippen LogP contribution in [-0.2, 0) is 0 Å². The van der Waals surface area contributed by atoms with E-state index in [-0.39, 0.29) is 18.0 Å². The van der Waals surface area contributed by atoms with Crippen LogP contribution in [0.4, 0.5) is 4.79 Å². The summed E-state index contributed by atoms with van der Waals surface area (Å²) in [5.74, 6) is 0.267. The van der Waals surface area contributed by atoms with E-state index in [9.17, 15) is 4.79 Å². The van der Waals surface area contributed by atoms with Crippen LogP contribution in [0.15, 0.2) is 11.6 Å². The van der Waals surface area contributed by atoms with Crippen molar-refractivity contribution >= 4 is 17.4 Å². The largest absolute Gasteiger partial charge is 0.337 e. The zero-order valence-corrected chi connectivity index (χ0v) is 10.1. The van der Waals surface area contributed by atoms with Gasteiger partial charge in [-0.3, -0.25) is 0 Å². The molecule has 0 radical (unpaired) electrons. The molecule has 84 valence electrons. The Hall–Kier alpha value is -1.10. The molecule has 15 heavy (non-hydrogen) atoms. The second-order valence-corrected chi connectivity index (χ2v) is 4.71. The van der Waals surface area contributed by atoms with Crippen LogP contribution in [0.1, 0.15) is 31.7 Å². The zero-order chi connectivity index (χ0) is 11.3. The quantitative estimate of drug-likeness (QED) is 0.826. The number of carbonyl (C=O) groups is 1. The maximum Gasteiger partial charge on any atom is 0.315 e. The van der Waals surface area contributed by atoms with Crippen molar-refractivity contribution in [1.29, 1.82) is 0 Å². The highest BCUT2D eigenvalue weighted by Gasteiger charge is 2.09. The lowest BCUT2D eigenvalue weighted by molar-refractivity contribution is 0.238. The number of carbonyl (C=O) groups excluding carboxylic acids is 1. The SMILES string of the molecule is CC(C)NC(=O)NCC(C)c1nccs1. The van der Waals surface area contributed by atoms with Gasteiger partial charge in [-0.1, -0.05) is 6.92 Å². The van der Waals surface area contributed by atoms with Gasteiger partial charge >= 0.3 is 6.03 Å². The average molecular weight is 227 g/mol. The van der Waals surface area contributed by atoms with Gasteiger partial charge in [0.1, 0.15) is 0 Å². The molecule has 0 fully saturated rings. The molecule has 0 aliphatic heterocycles. The number of nitrogens with one attached hydrogen (secondary N) is 2. The molecule has 4 nitrogen and oxygen atoms in total. The predicted molar refractivity (Wildman–Crippen MR) is 62.2 cm³/mol. The van der Waals surface area contributed by atoms with E-state index in [0.29, 0.717) is 6.54 Å². The zero-order valence-electron chi connectivity index (χ0n) is 9.28. The van der Waals surface area contributed by atoms with Crippen molar-refractivity contribution in [2.75, 3.05) is 6.54 Å². The summed E-state index contributed by atoms with van der Waals surface area (Å²) in [6.45, 7) is 6.54. The van der Waals surface area contributed by atoms with E-state index >= 15 is 0 Å². The van der Waals surface area contributed by atoms with Crippen LogP contribution in [0.5, 0.6) is 0 Å². The molecule has 0 aromatic carbocycles. The van der Waals surface area contributed by atoms with Gasteiger partial charge in [-0.2, -0.15) is 0 Å². The molecule has 0 spiro atoms. The lowest BCUT2D eigenvalue weighted by Gasteiger charge is -2.12. The molecule has 5 heteroatoms. The summed E-state index contributed by atoms with van der Waals surface area (Å²) in [6, 6.07) is 0.0496. The van der Waals surface area contributed by atoms with Gasteiger partial charge < -0.3 is 10.6 Å². The van der Waals surface area contributed by atoms with Crippen molar-refractivity contribution < 1.29 is 4.79 Å². The van der Waals surface area contributed by atoms with Gasteiger partial charge in [0, 0.05) is 30.1 Å². The Kier molecular flexibility index (Phi) is 4.55. The molecule has 1 heterocycles. The molecule has 1 atom stereocenters. The number of nitrogens with zero attached hydrogens (tertiary/aromatic N) is 1. The molecule has 1 rings (SSSR count). The number of hydrogen-bond donors (Lipinski definition) is 2. The van der Waals surface area contributed by atoms with Gasteiger partial charge in [-0.05, 0) is 13.8 Å². The fourth-order valence-corrected chi connectivity index (χ4v) is 1.82. The standard InChI is InChI=1S/C10H17N3OS/c1-7(2)13-10(14)12-6-8(3)9-11-4-5-15-9/h4-5,7-8H,6H2,1-3H3,(H2,12,13,14). The maximum absolute atomic E-state index is 11.3. The Balaban J connectivity index is 2.28. The number of rotatable bonds is 4. The van der Waals surface area contributed by atoms with Gasteiger partial charge in [0.2, 0.25) is 0 Å². The van der Waals surface area contributed by atoms with Gasteiger partial charge in [0.05, 0.1) is 5.01 Å². The van der Waals surface area contributed by atoms with E-state index < -0.39 is 0 Å². The topological polar surface area (TPSA) is 54.0 Å². The first-order chi connectivity index (χ1) is 7.09. The lowest BCUT2D eigenvalue weighted by atomic mass is 10.2. The van der Waals surface area contributed by atoms with Crippen molar-refractivity contribution in [3.05, 3.63) is 16.6 Å². The third-order valence-corrected chi connectivity index (χ3v) is 2.87. The minimum absolute atomic E-state index is 0.117. The van der Waals surface area contributed by atoms with Gasteiger partial charge in [0.15, 0.2) is 0 Å². The molecule has 1 unspecified atom stereocenters. The number of aromatic nitrogens is 1. The van der Waals surface area contributed by atoms with Crippen LogP contribution in [0, 0.1) is 0 Å². The maximum atomic E-state index is 11.3. The van der Waals surface area contributed by atoms with E-state index in [4.69, 9.17) is 0 Å².